The number of amides is 1. The number of carbonyl (C=O) groups is 2. The Balaban J connectivity index is 1.41. The summed E-state index contributed by atoms with van der Waals surface area (Å²) in [5, 5.41) is 21.1. The highest BCUT2D eigenvalue weighted by Gasteiger charge is 2.33. The first-order chi connectivity index (χ1) is 20.3. The first kappa shape index (κ1) is 31.4. The quantitative estimate of drug-likeness (QED) is 0.213. The van der Waals surface area contributed by atoms with E-state index in [4.69, 9.17) is 14.6 Å². The average molecular weight is 575 g/mol. The molecule has 0 aromatic heterocycles. The molecule has 1 heterocycles. The fourth-order valence-corrected chi connectivity index (χ4v) is 5.14. The molecule has 0 bridgehead atoms. The van der Waals surface area contributed by atoms with Crippen molar-refractivity contribution < 1.29 is 29.3 Å². The van der Waals surface area contributed by atoms with Crippen LogP contribution in [0.15, 0.2) is 78.9 Å². The van der Waals surface area contributed by atoms with Crippen molar-refractivity contribution >= 4 is 11.9 Å². The van der Waals surface area contributed by atoms with Crippen LogP contribution in [0.1, 0.15) is 85.3 Å². The number of hydrogen-bond acceptors (Lipinski definition) is 6. The standard InChI is InChI=1S/C34H42N2O6/c1-24(27-8-4-3-5-9-27)36(2)22-30-20-31(28-16-14-26(23-37)15-17-28)42-34(41-30)29-18-12-25(13-19-29)21-35-32(38)10-6-7-11-33(39)40/h3-5,8-9,12-19,24,30-31,34,37H,6-7,10-11,20-23H2,1-2H3,(H,35,38)(H,39,40). The topological polar surface area (TPSA) is 108 Å². The van der Waals surface area contributed by atoms with Crippen LogP contribution in [0, 0.1) is 0 Å². The number of ether oxygens (including phenoxy) is 2. The van der Waals surface area contributed by atoms with Crippen LogP contribution >= 0.6 is 0 Å². The average Bonchev–Trinajstić information content (AvgIpc) is 3.02. The Labute approximate surface area is 248 Å². The summed E-state index contributed by atoms with van der Waals surface area (Å²) in [5.41, 5.74) is 5.02. The third kappa shape index (κ3) is 9.22. The molecule has 1 aliphatic rings. The van der Waals surface area contributed by atoms with Gasteiger partial charge in [0.15, 0.2) is 6.29 Å². The molecule has 1 fully saturated rings. The number of rotatable bonds is 14. The van der Waals surface area contributed by atoms with Gasteiger partial charge < -0.3 is 25.0 Å². The first-order valence-electron chi connectivity index (χ1n) is 14.7. The van der Waals surface area contributed by atoms with Gasteiger partial charge in [0.25, 0.3) is 0 Å². The number of likely N-dealkylation sites (N-methyl/N-ethyl adjacent to an activating group) is 1. The number of carbonyl (C=O) groups excluding carboxylic acids is 1. The Bertz CT molecular complexity index is 1270. The maximum atomic E-state index is 12.1. The minimum Gasteiger partial charge on any atom is -0.481 e. The molecule has 1 aliphatic heterocycles. The van der Waals surface area contributed by atoms with Crippen LogP contribution in [0.25, 0.3) is 0 Å². The number of nitrogens with one attached hydrogen (secondary N) is 1. The molecular formula is C34H42N2O6. The van der Waals surface area contributed by atoms with Crippen LogP contribution in [0.3, 0.4) is 0 Å². The van der Waals surface area contributed by atoms with E-state index >= 15 is 0 Å². The summed E-state index contributed by atoms with van der Waals surface area (Å²) in [5.74, 6) is -0.928. The molecule has 1 amide bonds. The van der Waals surface area contributed by atoms with E-state index in [9.17, 15) is 14.7 Å². The first-order valence-corrected chi connectivity index (χ1v) is 14.7. The smallest absolute Gasteiger partial charge is 0.303 e. The van der Waals surface area contributed by atoms with Crippen LogP contribution < -0.4 is 5.32 Å². The van der Waals surface area contributed by atoms with E-state index in [0.29, 0.717) is 32.2 Å². The van der Waals surface area contributed by atoms with Gasteiger partial charge >= 0.3 is 5.97 Å². The van der Waals surface area contributed by atoms with Gasteiger partial charge in [0.1, 0.15) is 0 Å². The Morgan fingerprint density at radius 3 is 2.21 bits per heavy atom. The maximum Gasteiger partial charge on any atom is 0.303 e. The second kappa shape index (κ2) is 15.6. The van der Waals surface area contributed by atoms with Gasteiger partial charge in [-0.1, -0.05) is 78.9 Å². The highest BCUT2D eigenvalue weighted by Crippen LogP contribution is 2.38. The summed E-state index contributed by atoms with van der Waals surface area (Å²) in [6.07, 6.45) is 1.36. The molecule has 8 heteroatoms. The van der Waals surface area contributed by atoms with Gasteiger partial charge in [0, 0.05) is 44.0 Å². The van der Waals surface area contributed by atoms with E-state index in [0.717, 1.165) is 28.8 Å². The summed E-state index contributed by atoms with van der Waals surface area (Å²) < 4.78 is 13.0. The molecule has 0 saturated carbocycles. The van der Waals surface area contributed by atoms with Crippen molar-refractivity contribution in [2.75, 3.05) is 13.6 Å². The second-order valence-electron chi connectivity index (χ2n) is 11.0. The van der Waals surface area contributed by atoms with Gasteiger partial charge in [-0.15, -0.1) is 0 Å². The van der Waals surface area contributed by atoms with Crippen LogP contribution in [-0.2, 0) is 32.2 Å². The summed E-state index contributed by atoms with van der Waals surface area (Å²) in [6, 6.07) is 26.4. The summed E-state index contributed by atoms with van der Waals surface area (Å²) in [4.78, 5) is 25.1. The zero-order valence-corrected chi connectivity index (χ0v) is 24.4. The van der Waals surface area contributed by atoms with Crippen LogP contribution in [0.2, 0.25) is 0 Å². The highest BCUT2D eigenvalue weighted by molar-refractivity contribution is 5.75. The third-order valence-corrected chi connectivity index (χ3v) is 7.84. The predicted octanol–water partition coefficient (Wildman–Crippen LogP) is 5.68. The Morgan fingerprint density at radius 2 is 1.55 bits per heavy atom. The van der Waals surface area contributed by atoms with Gasteiger partial charge in [-0.05, 0) is 49.1 Å². The molecule has 3 aromatic rings. The molecular weight excluding hydrogens is 532 g/mol. The number of aliphatic hydroxyl groups is 1. The SMILES string of the molecule is CC(c1ccccc1)N(C)CC1CC(c2ccc(CO)cc2)OC(c2ccc(CNC(=O)CCCCC(=O)O)cc2)O1. The lowest BCUT2D eigenvalue weighted by molar-refractivity contribution is -0.253. The third-order valence-electron chi connectivity index (χ3n) is 7.84. The largest absolute Gasteiger partial charge is 0.481 e. The number of aliphatic carboxylic acids is 1. The van der Waals surface area contributed by atoms with E-state index in [-0.39, 0.29) is 37.2 Å². The Morgan fingerprint density at radius 1 is 0.905 bits per heavy atom. The fraction of sp³-hybridized carbons (Fsp3) is 0.412. The van der Waals surface area contributed by atoms with E-state index in [1.165, 1.54) is 5.56 Å². The second-order valence-corrected chi connectivity index (χ2v) is 11.0. The molecule has 4 atom stereocenters. The fourth-order valence-electron chi connectivity index (χ4n) is 5.14. The lowest BCUT2D eigenvalue weighted by Gasteiger charge is -2.39. The van der Waals surface area contributed by atoms with E-state index < -0.39 is 12.3 Å². The van der Waals surface area contributed by atoms with Crippen molar-refractivity contribution in [2.24, 2.45) is 0 Å². The molecule has 42 heavy (non-hydrogen) atoms. The van der Waals surface area contributed by atoms with Crippen molar-refractivity contribution in [3.05, 3.63) is 107 Å². The van der Waals surface area contributed by atoms with Crippen LogP contribution in [0.5, 0.6) is 0 Å². The number of hydrogen-bond donors (Lipinski definition) is 3. The molecule has 8 nitrogen and oxygen atoms in total. The van der Waals surface area contributed by atoms with Crippen molar-refractivity contribution in [1.29, 1.82) is 0 Å². The van der Waals surface area contributed by atoms with Gasteiger partial charge in [-0.2, -0.15) is 0 Å². The van der Waals surface area contributed by atoms with Crippen molar-refractivity contribution in [3.63, 3.8) is 0 Å². The number of carboxylic acid groups (broad SMARTS) is 1. The zero-order valence-electron chi connectivity index (χ0n) is 24.4. The Kier molecular flexibility index (Phi) is 11.7. The van der Waals surface area contributed by atoms with Crippen LogP contribution in [0.4, 0.5) is 0 Å². The molecule has 4 rings (SSSR count). The number of unbranched alkanes of at least 4 members (excludes halogenated alkanes) is 1. The van der Waals surface area contributed by atoms with Crippen molar-refractivity contribution in [3.8, 4) is 0 Å². The molecule has 3 aromatic carbocycles. The number of nitrogens with zero attached hydrogens (tertiary/aromatic N) is 1. The van der Waals surface area contributed by atoms with Crippen LogP contribution in [-0.4, -0.2) is 46.7 Å². The maximum absolute atomic E-state index is 12.1. The predicted molar refractivity (Wildman–Crippen MR) is 160 cm³/mol. The molecule has 0 spiro atoms. The monoisotopic (exact) mass is 574 g/mol. The van der Waals surface area contributed by atoms with Crippen molar-refractivity contribution in [2.45, 2.75) is 76.7 Å². The van der Waals surface area contributed by atoms with Gasteiger partial charge in [0.2, 0.25) is 5.91 Å². The lowest BCUT2D eigenvalue weighted by atomic mass is 9.99. The van der Waals surface area contributed by atoms with E-state index in [2.05, 4.69) is 48.5 Å². The molecule has 3 N–H and O–H groups in total. The van der Waals surface area contributed by atoms with Gasteiger partial charge in [0.05, 0.1) is 18.8 Å². The summed E-state index contributed by atoms with van der Waals surface area (Å²) in [7, 11) is 2.12. The van der Waals surface area contributed by atoms with Crippen molar-refractivity contribution in [1.82, 2.24) is 10.2 Å². The number of carboxylic acids is 1. The molecule has 1 saturated heterocycles. The van der Waals surface area contributed by atoms with E-state index in [1.807, 2.05) is 54.6 Å². The Hall–Kier alpha value is -3.56. The molecule has 0 radical (unpaired) electrons. The minimum atomic E-state index is -0.840. The number of aliphatic hydroxyl groups excluding tert-OH is 1. The van der Waals surface area contributed by atoms with E-state index in [1.54, 1.807) is 0 Å². The molecule has 4 unspecified atom stereocenters. The molecule has 224 valence electrons. The van der Waals surface area contributed by atoms with Gasteiger partial charge in [-0.25, -0.2) is 0 Å². The summed E-state index contributed by atoms with van der Waals surface area (Å²) in [6.45, 7) is 3.33. The zero-order chi connectivity index (χ0) is 29.9. The summed E-state index contributed by atoms with van der Waals surface area (Å²) >= 11 is 0. The number of benzene rings is 3. The normalized spacial score (nSPS) is 19.4. The molecule has 0 aliphatic carbocycles. The lowest BCUT2D eigenvalue weighted by Crippen LogP contribution is -2.38. The minimum absolute atomic E-state index is 0.000139. The van der Waals surface area contributed by atoms with Gasteiger partial charge in [-0.3, -0.25) is 14.5 Å². The highest BCUT2D eigenvalue weighted by atomic mass is 16.7.